The summed E-state index contributed by atoms with van der Waals surface area (Å²) in [5, 5.41) is 9.69. The van der Waals surface area contributed by atoms with E-state index in [2.05, 4.69) is 29.8 Å². The minimum absolute atomic E-state index is 0.166. The normalized spacial score (nSPS) is 15.3. The zero-order chi connectivity index (χ0) is 14.0. The maximum absolute atomic E-state index is 9.69. The van der Waals surface area contributed by atoms with Gasteiger partial charge in [0, 0.05) is 18.6 Å². The van der Waals surface area contributed by atoms with Crippen LogP contribution < -0.4 is 0 Å². The van der Waals surface area contributed by atoms with Crippen LogP contribution >= 0.6 is 0 Å². The molecule has 1 aromatic carbocycles. The van der Waals surface area contributed by atoms with Gasteiger partial charge in [-0.15, -0.1) is 0 Å². The lowest BCUT2D eigenvalue weighted by Gasteiger charge is -2.34. The Hall–Kier alpha value is -1.39. The van der Waals surface area contributed by atoms with Crippen molar-refractivity contribution in [1.29, 1.82) is 0 Å². The maximum Gasteiger partial charge on any atom is 0.181 e. The van der Waals surface area contributed by atoms with Crippen LogP contribution in [0.4, 0.5) is 0 Å². The molecular formula is C15H22N2O2. The van der Waals surface area contributed by atoms with Crippen LogP contribution in [0.3, 0.4) is 0 Å². The van der Waals surface area contributed by atoms with Crippen LogP contribution in [0.2, 0.25) is 0 Å². The average Bonchev–Trinajstić information content (AvgIpc) is 2.81. The highest BCUT2D eigenvalue weighted by molar-refractivity contribution is 5.72. The first-order valence-corrected chi connectivity index (χ1v) is 6.65. The van der Waals surface area contributed by atoms with Crippen molar-refractivity contribution in [3.05, 3.63) is 30.2 Å². The SMILES string of the molecule is CC(C)C(CO)C(c1ccc2ncoc2c1)N(C)C. The predicted molar refractivity (Wildman–Crippen MR) is 75.9 cm³/mol. The summed E-state index contributed by atoms with van der Waals surface area (Å²) < 4.78 is 5.37. The highest BCUT2D eigenvalue weighted by Crippen LogP contribution is 2.33. The average molecular weight is 262 g/mol. The van der Waals surface area contributed by atoms with Gasteiger partial charge < -0.3 is 14.4 Å². The number of aliphatic hydroxyl groups is 1. The molecule has 0 amide bonds. The van der Waals surface area contributed by atoms with Crippen LogP contribution in [-0.2, 0) is 0 Å². The summed E-state index contributed by atoms with van der Waals surface area (Å²) in [6.45, 7) is 4.46. The Labute approximate surface area is 114 Å². The van der Waals surface area contributed by atoms with Gasteiger partial charge in [0.15, 0.2) is 12.0 Å². The number of fused-ring (bicyclic) bond motifs is 1. The highest BCUT2D eigenvalue weighted by atomic mass is 16.3. The van der Waals surface area contributed by atoms with Crippen molar-refractivity contribution in [1.82, 2.24) is 9.88 Å². The Morgan fingerprint density at radius 1 is 1.32 bits per heavy atom. The van der Waals surface area contributed by atoms with E-state index in [-0.39, 0.29) is 18.6 Å². The van der Waals surface area contributed by atoms with Gasteiger partial charge in [0.2, 0.25) is 0 Å². The van der Waals surface area contributed by atoms with Crippen molar-refractivity contribution in [3.8, 4) is 0 Å². The van der Waals surface area contributed by atoms with E-state index in [9.17, 15) is 5.11 Å². The molecule has 0 aliphatic rings. The van der Waals surface area contributed by atoms with Gasteiger partial charge in [-0.2, -0.15) is 0 Å². The molecule has 0 saturated carbocycles. The Morgan fingerprint density at radius 2 is 2.05 bits per heavy atom. The van der Waals surface area contributed by atoms with E-state index in [4.69, 9.17) is 4.42 Å². The lowest BCUT2D eigenvalue weighted by Crippen LogP contribution is -2.32. The van der Waals surface area contributed by atoms with E-state index < -0.39 is 0 Å². The monoisotopic (exact) mass is 262 g/mol. The van der Waals surface area contributed by atoms with Gasteiger partial charge in [-0.1, -0.05) is 19.9 Å². The number of oxazole rings is 1. The first-order valence-electron chi connectivity index (χ1n) is 6.65. The molecule has 2 rings (SSSR count). The van der Waals surface area contributed by atoms with Gasteiger partial charge in [-0.25, -0.2) is 4.98 Å². The third kappa shape index (κ3) is 2.80. The molecule has 1 aromatic heterocycles. The van der Waals surface area contributed by atoms with Crippen LogP contribution in [0.15, 0.2) is 29.0 Å². The van der Waals surface area contributed by atoms with Gasteiger partial charge >= 0.3 is 0 Å². The number of benzene rings is 1. The Kier molecular flexibility index (Phi) is 4.22. The van der Waals surface area contributed by atoms with Crippen LogP contribution in [-0.4, -0.2) is 35.7 Å². The third-order valence-corrected chi connectivity index (χ3v) is 3.73. The fourth-order valence-electron chi connectivity index (χ4n) is 2.66. The fraction of sp³-hybridized carbons (Fsp3) is 0.533. The molecular weight excluding hydrogens is 240 g/mol. The van der Waals surface area contributed by atoms with Crippen molar-refractivity contribution in [2.45, 2.75) is 19.9 Å². The predicted octanol–water partition coefficient (Wildman–Crippen LogP) is 2.70. The number of aromatic nitrogens is 1. The van der Waals surface area contributed by atoms with Crippen molar-refractivity contribution >= 4 is 11.1 Å². The molecule has 0 aliphatic heterocycles. The molecule has 2 atom stereocenters. The van der Waals surface area contributed by atoms with E-state index in [1.54, 1.807) is 0 Å². The summed E-state index contributed by atoms with van der Waals surface area (Å²) in [4.78, 5) is 6.29. The first-order chi connectivity index (χ1) is 9.04. The van der Waals surface area contributed by atoms with Crippen molar-refractivity contribution in [3.63, 3.8) is 0 Å². The van der Waals surface area contributed by atoms with Crippen molar-refractivity contribution in [2.24, 2.45) is 11.8 Å². The molecule has 104 valence electrons. The van der Waals surface area contributed by atoms with Crippen LogP contribution in [0.25, 0.3) is 11.1 Å². The summed E-state index contributed by atoms with van der Waals surface area (Å²) in [5.74, 6) is 0.596. The Morgan fingerprint density at radius 3 is 2.63 bits per heavy atom. The molecule has 0 aliphatic carbocycles. The molecule has 0 saturated heterocycles. The Balaban J connectivity index is 2.42. The van der Waals surface area contributed by atoms with E-state index in [0.29, 0.717) is 5.92 Å². The molecule has 1 N–H and O–H groups in total. The second-order valence-electron chi connectivity index (χ2n) is 5.58. The lowest BCUT2D eigenvalue weighted by molar-refractivity contribution is 0.100. The topological polar surface area (TPSA) is 49.5 Å². The number of rotatable bonds is 5. The van der Waals surface area contributed by atoms with Gasteiger partial charge in [-0.3, -0.25) is 0 Å². The van der Waals surface area contributed by atoms with E-state index in [1.165, 1.54) is 6.39 Å². The van der Waals surface area contributed by atoms with Gasteiger partial charge in [0.25, 0.3) is 0 Å². The van der Waals surface area contributed by atoms with E-state index >= 15 is 0 Å². The molecule has 0 spiro atoms. The minimum Gasteiger partial charge on any atom is -0.443 e. The zero-order valence-corrected chi connectivity index (χ0v) is 12.0. The van der Waals surface area contributed by atoms with E-state index in [0.717, 1.165) is 16.7 Å². The third-order valence-electron chi connectivity index (χ3n) is 3.73. The smallest absolute Gasteiger partial charge is 0.181 e. The second-order valence-corrected chi connectivity index (χ2v) is 5.58. The zero-order valence-electron chi connectivity index (χ0n) is 12.0. The molecule has 19 heavy (non-hydrogen) atoms. The molecule has 1 heterocycles. The van der Waals surface area contributed by atoms with Crippen molar-refractivity contribution in [2.75, 3.05) is 20.7 Å². The van der Waals surface area contributed by atoms with E-state index in [1.807, 2.05) is 26.2 Å². The summed E-state index contributed by atoms with van der Waals surface area (Å²) in [6, 6.07) is 6.23. The molecule has 4 heteroatoms. The van der Waals surface area contributed by atoms with Crippen LogP contribution in [0.5, 0.6) is 0 Å². The summed E-state index contributed by atoms with van der Waals surface area (Å²) in [6.07, 6.45) is 1.46. The van der Waals surface area contributed by atoms with Gasteiger partial charge in [0.05, 0.1) is 0 Å². The summed E-state index contributed by atoms with van der Waals surface area (Å²) in [7, 11) is 4.08. The fourth-order valence-corrected chi connectivity index (χ4v) is 2.66. The standard InChI is InChI=1S/C15H22N2O2/c1-10(2)12(8-18)15(17(3)4)11-5-6-13-14(7-11)19-9-16-13/h5-7,9-10,12,15,18H,8H2,1-4H3. The van der Waals surface area contributed by atoms with Crippen LogP contribution in [0, 0.1) is 11.8 Å². The summed E-state index contributed by atoms with van der Waals surface area (Å²) in [5.41, 5.74) is 2.82. The van der Waals surface area contributed by atoms with Gasteiger partial charge in [0.1, 0.15) is 5.52 Å². The first kappa shape index (κ1) is 14.0. The molecule has 2 aromatic rings. The molecule has 4 nitrogen and oxygen atoms in total. The largest absolute Gasteiger partial charge is 0.443 e. The number of hydrogen-bond acceptors (Lipinski definition) is 4. The van der Waals surface area contributed by atoms with Gasteiger partial charge in [-0.05, 0) is 37.7 Å². The van der Waals surface area contributed by atoms with Crippen LogP contribution in [0.1, 0.15) is 25.5 Å². The molecule has 0 bridgehead atoms. The lowest BCUT2D eigenvalue weighted by atomic mass is 9.84. The van der Waals surface area contributed by atoms with Crippen molar-refractivity contribution < 1.29 is 9.52 Å². The quantitative estimate of drug-likeness (QED) is 0.900. The summed E-state index contributed by atoms with van der Waals surface area (Å²) >= 11 is 0. The highest BCUT2D eigenvalue weighted by Gasteiger charge is 2.27. The Bertz CT molecular complexity index is 534. The maximum atomic E-state index is 9.69. The molecule has 0 fully saturated rings. The number of aliphatic hydroxyl groups excluding tert-OH is 1. The number of nitrogens with zero attached hydrogens (tertiary/aromatic N) is 2. The second kappa shape index (κ2) is 5.72. The minimum atomic E-state index is 0.166. The molecule has 2 unspecified atom stereocenters. The number of hydrogen-bond donors (Lipinski definition) is 1. The molecule has 0 radical (unpaired) electrons.